The summed E-state index contributed by atoms with van der Waals surface area (Å²) in [5.41, 5.74) is 5.68. The molecule has 0 bridgehead atoms. The molecule has 0 aliphatic carbocycles. The Morgan fingerprint density at radius 1 is 1.38 bits per heavy atom. The highest BCUT2D eigenvalue weighted by atomic mass is 32.1. The van der Waals surface area contributed by atoms with Gasteiger partial charge in [0, 0.05) is 0 Å². The highest BCUT2D eigenvalue weighted by Gasteiger charge is 2.15. The van der Waals surface area contributed by atoms with E-state index >= 15 is 0 Å². The molecule has 1 heterocycles. The molecule has 0 atom stereocenters. The van der Waals surface area contributed by atoms with Crippen molar-refractivity contribution in [2.24, 2.45) is 5.10 Å². The van der Waals surface area contributed by atoms with Gasteiger partial charge >= 0.3 is 5.97 Å². The molecule has 21 heavy (non-hydrogen) atoms. The fraction of sp³-hybridized carbons (Fsp3) is 0.267. The lowest BCUT2D eigenvalue weighted by Gasteiger charge is -1.97. The number of esters is 1. The van der Waals surface area contributed by atoms with Crippen LogP contribution in [0.2, 0.25) is 0 Å². The van der Waals surface area contributed by atoms with Crippen LogP contribution in [0.5, 0.6) is 0 Å². The van der Waals surface area contributed by atoms with Crippen LogP contribution in [0, 0.1) is 13.8 Å². The van der Waals surface area contributed by atoms with Gasteiger partial charge in [0.15, 0.2) is 0 Å². The topological polar surface area (TPSA) is 63.6 Å². The number of benzene rings is 1. The van der Waals surface area contributed by atoms with E-state index in [4.69, 9.17) is 4.74 Å². The third-order valence-corrected chi connectivity index (χ3v) is 3.75. The van der Waals surface area contributed by atoms with Crippen molar-refractivity contribution in [1.29, 1.82) is 0 Å². The van der Waals surface area contributed by atoms with Crippen LogP contribution in [0.4, 0.5) is 5.13 Å². The van der Waals surface area contributed by atoms with Gasteiger partial charge < -0.3 is 4.74 Å². The van der Waals surface area contributed by atoms with Gasteiger partial charge in [-0.25, -0.2) is 9.78 Å². The molecule has 0 radical (unpaired) electrons. The van der Waals surface area contributed by atoms with Crippen LogP contribution in [-0.4, -0.2) is 23.8 Å². The number of carbonyl (C=O) groups excluding carboxylic acids is 1. The van der Waals surface area contributed by atoms with Gasteiger partial charge in [0.05, 0.1) is 18.5 Å². The molecule has 1 N–H and O–H groups in total. The van der Waals surface area contributed by atoms with Gasteiger partial charge in [0.2, 0.25) is 5.13 Å². The van der Waals surface area contributed by atoms with E-state index in [1.807, 2.05) is 31.2 Å². The molecule has 0 aliphatic rings. The first-order chi connectivity index (χ1) is 10.1. The first-order valence-electron chi connectivity index (χ1n) is 6.60. The van der Waals surface area contributed by atoms with Crippen molar-refractivity contribution in [3.8, 4) is 0 Å². The third-order valence-electron chi connectivity index (χ3n) is 2.71. The molecule has 0 aliphatic heterocycles. The molecular formula is C15H17N3O2S. The summed E-state index contributed by atoms with van der Waals surface area (Å²) in [6, 6.07) is 8.01. The number of rotatable bonds is 5. The summed E-state index contributed by atoms with van der Waals surface area (Å²) in [6.45, 7) is 5.94. The zero-order chi connectivity index (χ0) is 15.2. The number of carbonyl (C=O) groups is 1. The Balaban J connectivity index is 2.02. The normalized spacial score (nSPS) is 10.8. The molecule has 110 valence electrons. The Kier molecular flexibility index (Phi) is 5.05. The van der Waals surface area contributed by atoms with E-state index in [0.29, 0.717) is 22.3 Å². The molecule has 0 fully saturated rings. The van der Waals surface area contributed by atoms with Gasteiger partial charge in [-0.15, -0.1) is 0 Å². The van der Waals surface area contributed by atoms with E-state index in [1.165, 1.54) is 16.9 Å². The Hall–Kier alpha value is -2.21. The number of hydrazone groups is 1. The molecule has 5 nitrogen and oxygen atoms in total. The van der Waals surface area contributed by atoms with Gasteiger partial charge in [-0.3, -0.25) is 5.43 Å². The third kappa shape index (κ3) is 4.13. The maximum atomic E-state index is 11.7. The number of hydrogen-bond donors (Lipinski definition) is 1. The Bertz CT molecular complexity index is 647. The van der Waals surface area contributed by atoms with Crippen LogP contribution in [0.1, 0.15) is 33.4 Å². The number of aromatic nitrogens is 1. The van der Waals surface area contributed by atoms with Crippen molar-refractivity contribution >= 4 is 28.7 Å². The summed E-state index contributed by atoms with van der Waals surface area (Å²) < 4.78 is 4.97. The lowest BCUT2D eigenvalue weighted by molar-refractivity contribution is 0.0531. The van der Waals surface area contributed by atoms with Crippen molar-refractivity contribution in [3.05, 3.63) is 46.0 Å². The lowest BCUT2D eigenvalue weighted by Crippen LogP contribution is -2.03. The standard InChI is InChI=1S/C15H17N3O2S/c1-4-20-14(19)13-11(3)17-15(21-13)18-16-9-12-7-5-10(2)6-8-12/h5-9H,4H2,1-3H3,(H,17,18)/b16-9-. The largest absolute Gasteiger partial charge is 0.462 e. The van der Waals surface area contributed by atoms with E-state index in [1.54, 1.807) is 20.1 Å². The average molecular weight is 303 g/mol. The average Bonchev–Trinajstić information content (AvgIpc) is 2.82. The fourth-order valence-electron chi connectivity index (χ4n) is 1.64. The Morgan fingerprint density at radius 3 is 2.76 bits per heavy atom. The first kappa shape index (κ1) is 15.2. The summed E-state index contributed by atoms with van der Waals surface area (Å²) >= 11 is 1.23. The number of anilines is 1. The molecule has 6 heteroatoms. The molecule has 1 aromatic heterocycles. The van der Waals surface area contributed by atoms with E-state index in [2.05, 4.69) is 15.5 Å². The summed E-state index contributed by atoms with van der Waals surface area (Å²) in [6.07, 6.45) is 1.71. The predicted octanol–water partition coefficient (Wildman–Crippen LogP) is 3.38. The van der Waals surface area contributed by atoms with E-state index in [0.717, 1.165) is 5.56 Å². The summed E-state index contributed by atoms with van der Waals surface area (Å²) in [5, 5.41) is 4.69. The van der Waals surface area contributed by atoms with Gasteiger partial charge in [-0.1, -0.05) is 41.2 Å². The number of nitrogens with zero attached hydrogens (tertiary/aromatic N) is 2. The van der Waals surface area contributed by atoms with Gasteiger partial charge in [-0.2, -0.15) is 5.10 Å². The van der Waals surface area contributed by atoms with Crippen LogP contribution < -0.4 is 5.43 Å². The summed E-state index contributed by atoms with van der Waals surface area (Å²) in [4.78, 5) is 16.4. The minimum atomic E-state index is -0.344. The minimum absolute atomic E-state index is 0.344. The highest BCUT2D eigenvalue weighted by molar-refractivity contribution is 7.17. The second-order valence-corrected chi connectivity index (χ2v) is 5.43. The monoisotopic (exact) mass is 303 g/mol. The summed E-state index contributed by atoms with van der Waals surface area (Å²) in [7, 11) is 0. The van der Waals surface area contributed by atoms with Crippen molar-refractivity contribution in [3.63, 3.8) is 0 Å². The fourth-order valence-corrected chi connectivity index (χ4v) is 2.45. The van der Waals surface area contributed by atoms with Gasteiger partial charge in [-0.05, 0) is 26.3 Å². The molecule has 0 spiro atoms. The molecule has 0 saturated heterocycles. The maximum Gasteiger partial charge on any atom is 0.350 e. The number of hydrogen-bond acceptors (Lipinski definition) is 6. The van der Waals surface area contributed by atoms with Crippen molar-refractivity contribution in [1.82, 2.24) is 4.98 Å². The van der Waals surface area contributed by atoms with E-state index < -0.39 is 0 Å². The smallest absolute Gasteiger partial charge is 0.350 e. The quantitative estimate of drug-likeness (QED) is 0.522. The SMILES string of the molecule is CCOC(=O)c1sc(N/N=C\c2ccc(C)cc2)nc1C. The molecule has 0 saturated carbocycles. The molecule has 2 rings (SSSR count). The second-order valence-electron chi connectivity index (χ2n) is 4.43. The second kappa shape index (κ2) is 6.99. The van der Waals surface area contributed by atoms with Crippen molar-refractivity contribution < 1.29 is 9.53 Å². The molecule has 1 aromatic carbocycles. The van der Waals surface area contributed by atoms with Crippen LogP contribution in [0.25, 0.3) is 0 Å². The molecule has 0 amide bonds. The Morgan fingerprint density at radius 2 is 2.10 bits per heavy atom. The zero-order valence-corrected chi connectivity index (χ0v) is 13.0. The summed E-state index contributed by atoms with van der Waals surface area (Å²) in [5.74, 6) is -0.344. The first-order valence-corrected chi connectivity index (χ1v) is 7.42. The number of nitrogens with one attached hydrogen (secondary N) is 1. The number of thiazole rings is 1. The lowest BCUT2D eigenvalue weighted by atomic mass is 10.2. The van der Waals surface area contributed by atoms with Gasteiger partial charge in [0.25, 0.3) is 0 Å². The van der Waals surface area contributed by atoms with Crippen LogP contribution in [0.15, 0.2) is 29.4 Å². The van der Waals surface area contributed by atoms with Crippen LogP contribution in [0.3, 0.4) is 0 Å². The number of aryl methyl sites for hydroxylation is 2. The molecular weight excluding hydrogens is 286 g/mol. The zero-order valence-electron chi connectivity index (χ0n) is 12.2. The van der Waals surface area contributed by atoms with E-state index in [-0.39, 0.29) is 5.97 Å². The minimum Gasteiger partial charge on any atom is -0.462 e. The van der Waals surface area contributed by atoms with Crippen LogP contribution >= 0.6 is 11.3 Å². The van der Waals surface area contributed by atoms with E-state index in [9.17, 15) is 4.79 Å². The highest BCUT2D eigenvalue weighted by Crippen LogP contribution is 2.23. The molecule has 2 aromatic rings. The number of ether oxygens (including phenoxy) is 1. The van der Waals surface area contributed by atoms with Gasteiger partial charge in [0.1, 0.15) is 4.88 Å². The van der Waals surface area contributed by atoms with Crippen LogP contribution in [-0.2, 0) is 4.74 Å². The predicted molar refractivity (Wildman–Crippen MR) is 85.2 cm³/mol. The Labute approximate surface area is 127 Å². The molecule has 0 unspecified atom stereocenters. The van der Waals surface area contributed by atoms with Crippen molar-refractivity contribution in [2.75, 3.05) is 12.0 Å². The van der Waals surface area contributed by atoms with Crippen molar-refractivity contribution in [2.45, 2.75) is 20.8 Å². The maximum absolute atomic E-state index is 11.7.